The molecule has 1 nitrogen and oxygen atoms in total. The van der Waals surface area contributed by atoms with Gasteiger partial charge >= 0.3 is 6.11 Å². The summed E-state index contributed by atoms with van der Waals surface area (Å²) in [5.74, 6) is -4.12. The van der Waals surface area contributed by atoms with Gasteiger partial charge in [0, 0.05) is 12.1 Å². The molecular formula is C26H31F5O. The van der Waals surface area contributed by atoms with E-state index >= 15 is 0 Å². The molecule has 0 radical (unpaired) electrons. The first-order valence-corrected chi connectivity index (χ1v) is 11.6. The van der Waals surface area contributed by atoms with Crippen molar-refractivity contribution in [2.45, 2.75) is 77.2 Å². The smallest absolute Gasteiger partial charge is 0.426 e. The Morgan fingerprint density at radius 2 is 1.41 bits per heavy atom. The Balaban J connectivity index is 1.49. The first-order valence-electron chi connectivity index (χ1n) is 11.6. The number of ether oxygens (including phenoxy) is 1. The summed E-state index contributed by atoms with van der Waals surface area (Å²) in [4.78, 5) is 0. The van der Waals surface area contributed by atoms with Crippen molar-refractivity contribution in [1.82, 2.24) is 0 Å². The third kappa shape index (κ3) is 6.69. The molecule has 2 aromatic rings. The molecule has 0 aromatic heterocycles. The molecule has 3 rings (SSSR count). The van der Waals surface area contributed by atoms with Crippen LogP contribution < -0.4 is 4.74 Å². The fourth-order valence-electron chi connectivity index (χ4n) is 4.53. The molecule has 0 aliphatic heterocycles. The minimum atomic E-state index is -3.80. The number of unbranched alkanes of at least 4 members (excludes halogenated alkanes) is 2. The maximum Gasteiger partial charge on any atom is 0.426 e. The minimum absolute atomic E-state index is 0.402. The van der Waals surface area contributed by atoms with Crippen LogP contribution in [-0.2, 0) is 12.5 Å². The Labute approximate surface area is 187 Å². The van der Waals surface area contributed by atoms with Gasteiger partial charge in [-0.3, -0.25) is 0 Å². The average Bonchev–Trinajstić information content (AvgIpc) is 2.77. The zero-order valence-electron chi connectivity index (χ0n) is 18.5. The highest BCUT2D eigenvalue weighted by Gasteiger charge is 2.35. The van der Waals surface area contributed by atoms with Gasteiger partial charge in [0.2, 0.25) is 0 Å². The fourth-order valence-corrected chi connectivity index (χ4v) is 4.53. The van der Waals surface area contributed by atoms with Gasteiger partial charge in [-0.15, -0.1) is 0 Å². The van der Waals surface area contributed by atoms with E-state index in [9.17, 15) is 22.0 Å². The fraction of sp³-hybridized carbons (Fsp3) is 0.538. The van der Waals surface area contributed by atoms with Crippen LogP contribution in [0.15, 0.2) is 36.4 Å². The lowest BCUT2D eigenvalue weighted by Gasteiger charge is -2.28. The van der Waals surface area contributed by atoms with E-state index in [0.29, 0.717) is 18.1 Å². The van der Waals surface area contributed by atoms with E-state index in [1.165, 1.54) is 63.5 Å². The monoisotopic (exact) mass is 454 g/mol. The molecule has 0 bridgehead atoms. The summed E-state index contributed by atoms with van der Waals surface area (Å²) in [5.41, 5.74) is 0.535. The summed E-state index contributed by atoms with van der Waals surface area (Å²) in [6.45, 7) is 2.23. The van der Waals surface area contributed by atoms with E-state index in [0.717, 1.165) is 24.3 Å². The van der Waals surface area contributed by atoms with Crippen LogP contribution in [0.5, 0.6) is 5.75 Å². The van der Waals surface area contributed by atoms with E-state index in [4.69, 9.17) is 0 Å². The standard InChI is InChI=1S/C26H31F5O/c1-2-3-4-5-18-6-8-19(9-7-18)10-11-20-12-14-21(15-13-20)26(30,31)32-22-16-23(27)25(29)24(28)17-22/h12-19H,2-11H2,1H3/t18-,19-. The van der Waals surface area contributed by atoms with Gasteiger partial charge in [-0.05, 0) is 42.4 Å². The van der Waals surface area contributed by atoms with Crippen LogP contribution in [0, 0.1) is 29.3 Å². The SMILES string of the molecule is CCCCC[C@H]1CC[C@H](CCc2ccc(C(F)(F)Oc3cc(F)c(F)c(F)c3)cc2)CC1. The Kier molecular flexibility index (Phi) is 8.55. The first-order chi connectivity index (χ1) is 15.3. The number of hydrogen-bond donors (Lipinski definition) is 0. The van der Waals surface area contributed by atoms with Gasteiger partial charge in [0.1, 0.15) is 5.75 Å². The highest BCUT2D eigenvalue weighted by molar-refractivity contribution is 5.29. The molecule has 0 N–H and O–H groups in total. The zero-order chi connectivity index (χ0) is 23.1. The molecule has 0 spiro atoms. The van der Waals surface area contributed by atoms with Crippen molar-refractivity contribution in [2.24, 2.45) is 11.8 Å². The molecule has 1 aliphatic carbocycles. The van der Waals surface area contributed by atoms with Crippen molar-refractivity contribution in [3.63, 3.8) is 0 Å². The number of benzene rings is 2. The molecule has 1 fully saturated rings. The lowest BCUT2D eigenvalue weighted by Crippen LogP contribution is -2.22. The maximum absolute atomic E-state index is 14.4. The van der Waals surface area contributed by atoms with Crippen LogP contribution in [0.1, 0.15) is 75.8 Å². The van der Waals surface area contributed by atoms with Crippen LogP contribution in [0.3, 0.4) is 0 Å². The van der Waals surface area contributed by atoms with Crippen molar-refractivity contribution < 1.29 is 26.7 Å². The van der Waals surface area contributed by atoms with Gasteiger partial charge in [0.05, 0.1) is 5.56 Å². The molecular weight excluding hydrogens is 423 g/mol. The number of hydrogen-bond acceptors (Lipinski definition) is 1. The lowest BCUT2D eigenvalue weighted by atomic mass is 9.78. The van der Waals surface area contributed by atoms with E-state index in [2.05, 4.69) is 11.7 Å². The Bertz CT molecular complexity index is 834. The second kappa shape index (κ2) is 11.2. The number of halogens is 5. The summed E-state index contributed by atoms with van der Waals surface area (Å²) in [6, 6.07) is 6.59. The van der Waals surface area contributed by atoms with Crippen molar-refractivity contribution in [1.29, 1.82) is 0 Å². The van der Waals surface area contributed by atoms with Crippen molar-refractivity contribution in [3.05, 3.63) is 65.0 Å². The normalized spacial score (nSPS) is 19.2. The second-order valence-electron chi connectivity index (χ2n) is 8.94. The van der Waals surface area contributed by atoms with Crippen LogP contribution >= 0.6 is 0 Å². The molecule has 6 heteroatoms. The molecule has 1 saturated carbocycles. The molecule has 1 aliphatic rings. The van der Waals surface area contributed by atoms with Gasteiger partial charge in [0.15, 0.2) is 17.5 Å². The molecule has 2 aromatic carbocycles. The van der Waals surface area contributed by atoms with Gasteiger partial charge in [-0.1, -0.05) is 70.4 Å². The third-order valence-corrected chi connectivity index (χ3v) is 6.52. The van der Waals surface area contributed by atoms with Gasteiger partial charge in [-0.2, -0.15) is 8.78 Å². The van der Waals surface area contributed by atoms with E-state index in [1.54, 1.807) is 12.1 Å². The zero-order valence-corrected chi connectivity index (χ0v) is 18.5. The molecule has 0 atom stereocenters. The molecule has 32 heavy (non-hydrogen) atoms. The first kappa shape index (κ1) is 24.5. The highest BCUT2D eigenvalue weighted by Crippen LogP contribution is 2.35. The molecule has 0 unspecified atom stereocenters. The molecule has 0 heterocycles. The summed E-state index contributed by atoms with van der Waals surface area (Å²) in [6.07, 6.45) is 8.39. The van der Waals surface area contributed by atoms with Crippen LogP contribution in [0.2, 0.25) is 0 Å². The van der Waals surface area contributed by atoms with Crippen molar-refractivity contribution in [3.8, 4) is 5.75 Å². The highest BCUT2D eigenvalue weighted by atomic mass is 19.3. The summed E-state index contributed by atoms with van der Waals surface area (Å²) in [5, 5.41) is 0. The van der Waals surface area contributed by atoms with Crippen LogP contribution in [-0.4, -0.2) is 0 Å². The van der Waals surface area contributed by atoms with Gasteiger partial charge in [-0.25, -0.2) is 13.2 Å². The molecule has 0 saturated heterocycles. The summed E-state index contributed by atoms with van der Waals surface area (Å²) in [7, 11) is 0. The Hall–Kier alpha value is -2.11. The van der Waals surface area contributed by atoms with Gasteiger partial charge < -0.3 is 4.74 Å². The van der Waals surface area contributed by atoms with Crippen LogP contribution in [0.4, 0.5) is 22.0 Å². The third-order valence-electron chi connectivity index (χ3n) is 6.52. The number of rotatable bonds is 10. The van der Waals surface area contributed by atoms with Crippen LogP contribution in [0.25, 0.3) is 0 Å². The largest absolute Gasteiger partial charge is 0.429 e. The predicted molar refractivity (Wildman–Crippen MR) is 115 cm³/mol. The summed E-state index contributed by atoms with van der Waals surface area (Å²) < 4.78 is 72.8. The quantitative estimate of drug-likeness (QED) is 0.198. The number of aryl methyl sites for hydroxylation is 1. The molecule has 0 amide bonds. The Morgan fingerprint density at radius 1 is 0.844 bits per heavy atom. The number of alkyl halides is 2. The minimum Gasteiger partial charge on any atom is -0.429 e. The van der Waals surface area contributed by atoms with Crippen molar-refractivity contribution >= 4 is 0 Å². The maximum atomic E-state index is 14.4. The molecule has 176 valence electrons. The van der Waals surface area contributed by atoms with E-state index < -0.39 is 34.9 Å². The predicted octanol–water partition coefficient (Wildman–Crippen LogP) is 8.55. The average molecular weight is 455 g/mol. The lowest BCUT2D eigenvalue weighted by molar-refractivity contribution is -0.185. The van der Waals surface area contributed by atoms with Gasteiger partial charge in [0.25, 0.3) is 0 Å². The summed E-state index contributed by atoms with van der Waals surface area (Å²) >= 11 is 0. The topological polar surface area (TPSA) is 9.23 Å². The van der Waals surface area contributed by atoms with Crippen molar-refractivity contribution in [2.75, 3.05) is 0 Å². The second-order valence-corrected chi connectivity index (χ2v) is 8.94. The van der Waals surface area contributed by atoms with E-state index in [1.807, 2.05) is 0 Å². The van der Waals surface area contributed by atoms with E-state index in [-0.39, 0.29) is 0 Å². The Morgan fingerprint density at radius 3 is 1.97 bits per heavy atom.